The molecule has 4 nitrogen and oxygen atoms in total. The second kappa shape index (κ2) is 7.57. The number of imidazole rings is 1. The molecular weight excluding hydrogens is 330 g/mol. The van der Waals surface area contributed by atoms with Gasteiger partial charge < -0.3 is 4.90 Å². The number of anilines is 1. The van der Waals surface area contributed by atoms with Gasteiger partial charge in [-0.05, 0) is 49.2 Å². The molecule has 0 N–H and O–H groups in total. The monoisotopic (exact) mass is 351 g/mol. The highest BCUT2D eigenvalue weighted by atomic mass is 32.2. The van der Waals surface area contributed by atoms with Crippen molar-refractivity contribution < 1.29 is 4.79 Å². The van der Waals surface area contributed by atoms with Crippen molar-refractivity contribution in [3.8, 4) is 5.69 Å². The number of benzene rings is 2. The minimum absolute atomic E-state index is 0.0474. The summed E-state index contributed by atoms with van der Waals surface area (Å²) in [5.74, 6) is 0.388. The first-order chi connectivity index (χ1) is 12.0. The molecule has 1 amide bonds. The van der Waals surface area contributed by atoms with Gasteiger partial charge in [0.25, 0.3) is 0 Å². The molecule has 2 aromatic carbocycles. The van der Waals surface area contributed by atoms with Crippen molar-refractivity contribution >= 4 is 23.4 Å². The number of aromatic nitrogens is 2. The van der Waals surface area contributed by atoms with Gasteiger partial charge in [0.15, 0.2) is 5.16 Å². The highest BCUT2D eigenvalue weighted by Crippen LogP contribution is 2.23. The summed E-state index contributed by atoms with van der Waals surface area (Å²) in [7, 11) is 1.80. The van der Waals surface area contributed by atoms with Gasteiger partial charge in [0.1, 0.15) is 0 Å². The van der Waals surface area contributed by atoms with Crippen molar-refractivity contribution in [1.82, 2.24) is 9.55 Å². The van der Waals surface area contributed by atoms with E-state index in [2.05, 4.69) is 37.0 Å². The molecule has 0 saturated heterocycles. The fourth-order valence-corrected chi connectivity index (χ4v) is 3.59. The van der Waals surface area contributed by atoms with Crippen LogP contribution in [0.3, 0.4) is 0 Å². The van der Waals surface area contributed by atoms with Crippen LogP contribution in [0.5, 0.6) is 0 Å². The van der Waals surface area contributed by atoms with E-state index >= 15 is 0 Å². The van der Waals surface area contributed by atoms with Crippen LogP contribution in [0.1, 0.15) is 11.1 Å². The zero-order chi connectivity index (χ0) is 17.8. The van der Waals surface area contributed by atoms with Gasteiger partial charge in [0, 0.05) is 30.8 Å². The number of thioether (sulfide) groups is 1. The third-order valence-electron chi connectivity index (χ3n) is 3.93. The quantitative estimate of drug-likeness (QED) is 0.645. The van der Waals surface area contributed by atoms with Crippen LogP contribution in [0.15, 0.2) is 66.1 Å². The summed E-state index contributed by atoms with van der Waals surface area (Å²) in [6.07, 6.45) is 3.70. The highest BCUT2D eigenvalue weighted by molar-refractivity contribution is 7.99. The van der Waals surface area contributed by atoms with Crippen LogP contribution in [0.25, 0.3) is 5.69 Å². The molecule has 0 radical (unpaired) electrons. The Morgan fingerprint density at radius 3 is 2.48 bits per heavy atom. The molecule has 0 spiro atoms. The normalized spacial score (nSPS) is 10.7. The van der Waals surface area contributed by atoms with Gasteiger partial charge in [-0.25, -0.2) is 4.98 Å². The van der Waals surface area contributed by atoms with E-state index in [1.165, 1.54) is 22.9 Å². The van der Waals surface area contributed by atoms with Gasteiger partial charge in [0.2, 0.25) is 5.91 Å². The third-order valence-corrected chi connectivity index (χ3v) is 4.89. The molecule has 0 aliphatic heterocycles. The van der Waals surface area contributed by atoms with Crippen molar-refractivity contribution in [3.63, 3.8) is 0 Å². The van der Waals surface area contributed by atoms with E-state index in [0.29, 0.717) is 5.75 Å². The van der Waals surface area contributed by atoms with Gasteiger partial charge in [-0.2, -0.15) is 0 Å². The molecule has 0 bridgehead atoms. The lowest BCUT2D eigenvalue weighted by molar-refractivity contribution is -0.115. The maximum Gasteiger partial charge on any atom is 0.237 e. The van der Waals surface area contributed by atoms with E-state index in [-0.39, 0.29) is 5.91 Å². The molecule has 128 valence electrons. The van der Waals surface area contributed by atoms with Gasteiger partial charge in [-0.3, -0.25) is 9.36 Å². The first-order valence-corrected chi connectivity index (χ1v) is 9.09. The Hall–Kier alpha value is -2.53. The number of rotatable bonds is 5. The number of hydrogen-bond donors (Lipinski definition) is 0. The molecule has 0 aliphatic rings. The first-order valence-electron chi connectivity index (χ1n) is 8.11. The van der Waals surface area contributed by atoms with Crippen LogP contribution in [0, 0.1) is 13.8 Å². The number of hydrogen-bond acceptors (Lipinski definition) is 3. The Bertz CT molecular complexity index is 853. The lowest BCUT2D eigenvalue weighted by atomic mass is 10.1. The number of amides is 1. The van der Waals surface area contributed by atoms with Crippen LogP contribution in [0.2, 0.25) is 0 Å². The highest BCUT2D eigenvalue weighted by Gasteiger charge is 2.14. The SMILES string of the molecule is Cc1cc(C)cc(-n2ccnc2SCC(=O)N(C)c2ccccc2)c1. The van der Waals surface area contributed by atoms with Crippen molar-refractivity contribution in [1.29, 1.82) is 0 Å². The van der Waals surface area contributed by atoms with Crippen LogP contribution in [0.4, 0.5) is 5.69 Å². The fraction of sp³-hybridized carbons (Fsp3) is 0.200. The van der Waals surface area contributed by atoms with Crippen LogP contribution >= 0.6 is 11.8 Å². The van der Waals surface area contributed by atoms with Gasteiger partial charge in [-0.15, -0.1) is 0 Å². The minimum atomic E-state index is 0.0474. The molecule has 25 heavy (non-hydrogen) atoms. The largest absolute Gasteiger partial charge is 0.315 e. The molecule has 0 aliphatic carbocycles. The summed E-state index contributed by atoms with van der Waals surface area (Å²) >= 11 is 1.45. The van der Waals surface area contributed by atoms with E-state index in [1.807, 2.05) is 41.1 Å². The van der Waals surface area contributed by atoms with Crippen LogP contribution in [-0.2, 0) is 4.79 Å². The minimum Gasteiger partial charge on any atom is -0.315 e. The fourth-order valence-electron chi connectivity index (χ4n) is 2.70. The topological polar surface area (TPSA) is 38.1 Å². The maximum absolute atomic E-state index is 12.5. The first kappa shape index (κ1) is 17.3. The van der Waals surface area contributed by atoms with Gasteiger partial charge in [0.05, 0.1) is 5.75 Å². The number of aryl methyl sites for hydroxylation is 2. The summed E-state index contributed by atoms with van der Waals surface area (Å²) in [4.78, 5) is 18.6. The Labute approximate surface area is 152 Å². The third kappa shape index (κ3) is 4.12. The van der Waals surface area contributed by atoms with Crippen LogP contribution in [-0.4, -0.2) is 28.3 Å². The second-order valence-corrected chi connectivity index (χ2v) is 6.95. The zero-order valence-electron chi connectivity index (χ0n) is 14.6. The summed E-state index contributed by atoms with van der Waals surface area (Å²) in [5, 5.41) is 0.819. The molecule has 5 heteroatoms. The number of carbonyl (C=O) groups is 1. The Balaban J connectivity index is 1.72. The van der Waals surface area contributed by atoms with Crippen molar-refractivity contribution in [2.45, 2.75) is 19.0 Å². The number of carbonyl (C=O) groups excluding carboxylic acids is 1. The van der Waals surface area contributed by atoms with Crippen molar-refractivity contribution in [2.75, 3.05) is 17.7 Å². The zero-order valence-corrected chi connectivity index (χ0v) is 15.5. The molecule has 0 saturated carbocycles. The van der Waals surface area contributed by atoms with E-state index in [1.54, 1.807) is 18.1 Å². The second-order valence-electron chi connectivity index (χ2n) is 6.00. The van der Waals surface area contributed by atoms with Crippen LogP contribution < -0.4 is 4.90 Å². The summed E-state index contributed by atoms with van der Waals surface area (Å²) in [6.45, 7) is 4.16. The van der Waals surface area contributed by atoms with Crippen molar-refractivity contribution in [3.05, 3.63) is 72.1 Å². The molecule has 3 rings (SSSR count). The predicted octanol–water partition coefficient (Wildman–Crippen LogP) is 4.24. The standard InChI is InChI=1S/C20H21N3OS/c1-15-11-16(2)13-18(12-15)23-10-9-21-20(23)25-14-19(24)22(3)17-7-5-4-6-8-17/h4-13H,14H2,1-3H3. The van der Waals surface area contributed by atoms with E-state index in [0.717, 1.165) is 16.5 Å². The lowest BCUT2D eigenvalue weighted by Gasteiger charge is -2.17. The van der Waals surface area contributed by atoms with Gasteiger partial charge >= 0.3 is 0 Å². The Morgan fingerprint density at radius 1 is 1.12 bits per heavy atom. The Morgan fingerprint density at radius 2 is 1.80 bits per heavy atom. The summed E-state index contributed by atoms with van der Waals surface area (Å²) < 4.78 is 2.03. The molecule has 3 aromatic rings. The number of para-hydroxylation sites is 1. The molecule has 1 aromatic heterocycles. The van der Waals surface area contributed by atoms with Crippen molar-refractivity contribution in [2.24, 2.45) is 0 Å². The van der Waals surface area contributed by atoms with E-state index in [9.17, 15) is 4.79 Å². The average molecular weight is 351 g/mol. The molecule has 0 atom stereocenters. The number of nitrogens with zero attached hydrogens (tertiary/aromatic N) is 3. The molecule has 0 unspecified atom stereocenters. The predicted molar refractivity (Wildman–Crippen MR) is 104 cm³/mol. The average Bonchev–Trinajstić information content (AvgIpc) is 3.07. The maximum atomic E-state index is 12.5. The van der Waals surface area contributed by atoms with E-state index in [4.69, 9.17) is 0 Å². The smallest absolute Gasteiger partial charge is 0.237 e. The summed E-state index contributed by atoms with van der Waals surface area (Å²) in [5.41, 5.74) is 4.38. The summed E-state index contributed by atoms with van der Waals surface area (Å²) in [6, 6.07) is 16.0. The Kier molecular flexibility index (Phi) is 5.24. The molecular formula is C20H21N3OS. The molecule has 1 heterocycles. The molecule has 0 fully saturated rings. The van der Waals surface area contributed by atoms with E-state index < -0.39 is 0 Å². The lowest BCUT2D eigenvalue weighted by Crippen LogP contribution is -2.27. The van der Waals surface area contributed by atoms with Gasteiger partial charge in [-0.1, -0.05) is 36.0 Å².